The fourth-order valence-corrected chi connectivity index (χ4v) is 12.5. The van der Waals surface area contributed by atoms with Gasteiger partial charge in [-0.05, 0) is 36.4 Å². The highest BCUT2D eigenvalue weighted by Gasteiger charge is 2.43. The zero-order chi connectivity index (χ0) is 34.1. The molecule has 10 nitrogen and oxygen atoms in total. The smallest absolute Gasteiger partial charge is 0.294 e. The van der Waals surface area contributed by atoms with Gasteiger partial charge in [0.15, 0.2) is 14.3 Å². The number of hydrogen-bond donors (Lipinski definition) is 2. The summed E-state index contributed by atoms with van der Waals surface area (Å²) in [6.45, 7) is 10.6. The Balaban J connectivity index is 1.81. The van der Waals surface area contributed by atoms with Gasteiger partial charge in [-0.15, -0.1) is 0 Å². The van der Waals surface area contributed by atoms with Gasteiger partial charge < -0.3 is 9.13 Å². The van der Waals surface area contributed by atoms with Crippen LogP contribution in [-0.4, -0.2) is 46.2 Å². The zero-order valence-electron chi connectivity index (χ0n) is 26.0. The SMILES string of the molecule is CC(C)(C)P(=O)(c1cccc(S(=O)(=O)O)c1)c1ccc2ccc3ccc(P(=O)(c4cccc(S(=O)(=O)O)c4)C(C)(C)C)nc3c2n1. The van der Waals surface area contributed by atoms with Gasteiger partial charge in [-0.25, -0.2) is 9.97 Å². The average Bonchev–Trinajstić information content (AvgIpc) is 2.97. The highest BCUT2D eigenvalue weighted by atomic mass is 32.2. The van der Waals surface area contributed by atoms with Gasteiger partial charge in [-0.1, -0.05) is 90.1 Å². The molecule has 0 bridgehead atoms. The quantitative estimate of drug-likeness (QED) is 0.131. The predicted molar refractivity (Wildman–Crippen MR) is 183 cm³/mol. The summed E-state index contributed by atoms with van der Waals surface area (Å²) in [4.78, 5) is 8.98. The van der Waals surface area contributed by atoms with E-state index in [4.69, 9.17) is 9.97 Å². The van der Waals surface area contributed by atoms with Gasteiger partial charge in [0.25, 0.3) is 20.2 Å². The highest BCUT2D eigenvalue weighted by Crippen LogP contribution is 2.56. The molecule has 0 fully saturated rings. The molecule has 2 aromatic heterocycles. The van der Waals surface area contributed by atoms with Gasteiger partial charge >= 0.3 is 0 Å². The van der Waals surface area contributed by atoms with Crippen LogP contribution in [0.4, 0.5) is 0 Å². The van der Waals surface area contributed by atoms with E-state index in [9.17, 15) is 25.9 Å². The molecule has 0 saturated heterocycles. The van der Waals surface area contributed by atoms with E-state index in [0.29, 0.717) is 21.8 Å². The second kappa shape index (κ2) is 11.2. The number of benzene rings is 3. The molecule has 2 heterocycles. The van der Waals surface area contributed by atoms with E-state index in [1.807, 2.05) is 12.1 Å². The lowest BCUT2D eigenvalue weighted by atomic mass is 10.1. The van der Waals surface area contributed by atoms with E-state index in [1.54, 1.807) is 77.9 Å². The van der Waals surface area contributed by atoms with Crippen molar-refractivity contribution in [3.63, 3.8) is 0 Å². The van der Waals surface area contributed by atoms with Gasteiger partial charge in [0.2, 0.25) is 0 Å². The lowest BCUT2D eigenvalue weighted by Gasteiger charge is -2.32. The van der Waals surface area contributed by atoms with Crippen molar-refractivity contribution in [2.75, 3.05) is 0 Å². The Morgan fingerprint density at radius 3 is 1.17 bits per heavy atom. The van der Waals surface area contributed by atoms with Crippen molar-refractivity contribution in [3.8, 4) is 0 Å². The van der Waals surface area contributed by atoms with E-state index < -0.39 is 44.8 Å². The Hall–Kier alpha value is -3.24. The molecule has 5 aromatic rings. The summed E-state index contributed by atoms with van der Waals surface area (Å²) < 4.78 is 97.3. The first kappa shape index (κ1) is 34.1. The Morgan fingerprint density at radius 1 is 0.543 bits per heavy atom. The minimum absolute atomic E-state index is 0.194. The Labute approximate surface area is 268 Å². The monoisotopic (exact) mass is 700 g/mol. The van der Waals surface area contributed by atoms with Crippen LogP contribution >= 0.6 is 14.3 Å². The molecule has 5 rings (SSSR count). The largest absolute Gasteiger partial charge is 0.311 e. The fraction of sp³-hybridized carbons (Fsp3) is 0.250. The normalized spacial score (nSPS) is 15.8. The third-order valence-electron chi connectivity index (χ3n) is 7.98. The molecule has 2 unspecified atom stereocenters. The summed E-state index contributed by atoms with van der Waals surface area (Å²) in [5.74, 6) is 0. The number of aromatic nitrogens is 2. The van der Waals surface area contributed by atoms with Crippen molar-refractivity contribution in [3.05, 3.63) is 84.9 Å². The first-order valence-electron chi connectivity index (χ1n) is 14.2. The van der Waals surface area contributed by atoms with E-state index in [2.05, 4.69) is 0 Å². The summed E-state index contributed by atoms with van der Waals surface area (Å²) in [6, 6.07) is 21.2. The predicted octanol–water partition coefficient (Wildman–Crippen LogP) is 5.50. The summed E-state index contributed by atoms with van der Waals surface area (Å²) in [5, 5.41) is -0.124. The molecule has 3 aromatic carbocycles. The molecule has 2 atom stereocenters. The first-order valence-corrected chi connectivity index (χ1v) is 20.5. The third-order valence-corrected chi connectivity index (χ3v) is 17.3. The number of pyridine rings is 2. The maximum atomic E-state index is 15.1. The van der Waals surface area contributed by atoms with Crippen molar-refractivity contribution >= 4 is 77.8 Å². The lowest BCUT2D eigenvalue weighted by Crippen LogP contribution is -2.33. The average molecular weight is 701 g/mol. The molecule has 0 aliphatic rings. The molecule has 0 radical (unpaired) electrons. The minimum Gasteiger partial charge on any atom is -0.311 e. The van der Waals surface area contributed by atoms with Gasteiger partial charge in [-0.2, -0.15) is 16.8 Å². The van der Waals surface area contributed by atoms with Gasteiger partial charge in [0.1, 0.15) is 10.9 Å². The van der Waals surface area contributed by atoms with Crippen LogP contribution < -0.4 is 21.5 Å². The van der Waals surface area contributed by atoms with Crippen LogP contribution in [0.25, 0.3) is 21.8 Å². The standard InChI is InChI=1S/C32H34N2O8P2S2/c1-31(2,3)43(35,23-9-7-11-25(19-23)45(37,38)39)27-17-15-21-13-14-22-16-18-28(34-30(22)29(21)33-27)44(36,32(4,5)6)24-10-8-12-26(20-24)46(40,41)42/h7-20H,1-6H3,(H,37,38,39)(H,40,41,42). The molecule has 46 heavy (non-hydrogen) atoms. The van der Waals surface area contributed by atoms with Gasteiger partial charge in [0.05, 0.1) is 20.8 Å². The van der Waals surface area contributed by atoms with Crippen LogP contribution in [0.15, 0.2) is 94.7 Å². The van der Waals surface area contributed by atoms with E-state index in [1.165, 1.54) is 36.4 Å². The number of fused-ring (bicyclic) bond motifs is 3. The zero-order valence-corrected chi connectivity index (χ0v) is 29.5. The maximum Gasteiger partial charge on any atom is 0.294 e. The summed E-state index contributed by atoms with van der Waals surface area (Å²) in [7, 11) is -16.5. The molecule has 14 heteroatoms. The molecule has 0 aliphatic heterocycles. The molecule has 0 saturated carbocycles. The van der Waals surface area contributed by atoms with Crippen molar-refractivity contribution in [2.24, 2.45) is 0 Å². The van der Waals surface area contributed by atoms with Crippen LogP contribution in [-0.2, 0) is 29.4 Å². The maximum absolute atomic E-state index is 15.1. The van der Waals surface area contributed by atoms with Crippen LogP contribution in [0.2, 0.25) is 0 Å². The molecular weight excluding hydrogens is 666 g/mol. The van der Waals surface area contributed by atoms with Crippen LogP contribution in [0.1, 0.15) is 41.5 Å². The Bertz CT molecular complexity index is 2200. The Kier molecular flexibility index (Phi) is 8.29. The summed E-state index contributed by atoms with van der Waals surface area (Å²) in [6.07, 6.45) is 0. The third kappa shape index (κ3) is 5.76. The van der Waals surface area contributed by atoms with E-state index in [-0.39, 0.29) is 31.3 Å². The first-order chi connectivity index (χ1) is 21.1. The van der Waals surface area contributed by atoms with Crippen molar-refractivity contribution in [1.29, 1.82) is 0 Å². The molecule has 2 N–H and O–H groups in total. The van der Waals surface area contributed by atoms with Crippen LogP contribution in [0.3, 0.4) is 0 Å². The Morgan fingerprint density at radius 2 is 0.870 bits per heavy atom. The summed E-state index contributed by atoms with van der Waals surface area (Å²) in [5.41, 5.74) is 1.14. The highest BCUT2D eigenvalue weighted by molar-refractivity contribution is 7.86. The molecule has 0 aliphatic carbocycles. The van der Waals surface area contributed by atoms with Crippen molar-refractivity contribution < 1.29 is 35.1 Å². The van der Waals surface area contributed by atoms with E-state index >= 15 is 9.13 Å². The van der Waals surface area contributed by atoms with Gasteiger partial charge in [-0.3, -0.25) is 9.11 Å². The number of hydrogen-bond acceptors (Lipinski definition) is 8. The second-order valence-electron chi connectivity index (χ2n) is 13.1. The molecular formula is C32H34N2O8P2S2. The molecule has 0 spiro atoms. The number of rotatable bonds is 6. The van der Waals surface area contributed by atoms with Gasteiger partial charge in [0, 0.05) is 31.7 Å². The van der Waals surface area contributed by atoms with Crippen LogP contribution in [0.5, 0.6) is 0 Å². The van der Waals surface area contributed by atoms with Crippen molar-refractivity contribution in [2.45, 2.75) is 61.6 Å². The second-order valence-corrected chi connectivity index (χ2v) is 23.0. The molecule has 0 amide bonds. The minimum atomic E-state index is -4.57. The summed E-state index contributed by atoms with van der Waals surface area (Å²) >= 11 is 0. The molecule has 242 valence electrons. The number of nitrogens with zero attached hydrogens (tertiary/aromatic N) is 2. The topological polar surface area (TPSA) is 169 Å². The van der Waals surface area contributed by atoms with E-state index in [0.717, 1.165) is 0 Å². The van der Waals surface area contributed by atoms with Crippen LogP contribution in [0, 0.1) is 0 Å². The van der Waals surface area contributed by atoms with Crippen molar-refractivity contribution in [1.82, 2.24) is 9.97 Å². The fourth-order valence-electron chi connectivity index (χ4n) is 5.50. The lowest BCUT2D eigenvalue weighted by molar-refractivity contribution is 0.481.